The van der Waals surface area contributed by atoms with Crippen LogP contribution >= 0.6 is 24.0 Å². The monoisotopic (exact) mass is 532 g/mol. The van der Waals surface area contributed by atoms with E-state index in [-0.39, 0.29) is 36.4 Å². The number of rotatable bonds is 7. The average Bonchev–Trinajstić information content (AvgIpc) is 3.09. The third-order valence-electron chi connectivity index (χ3n) is 4.46. The maximum Gasteiger partial charge on any atom is 0.243 e. The van der Waals surface area contributed by atoms with Crippen LogP contribution in [0.25, 0.3) is 5.69 Å². The van der Waals surface area contributed by atoms with Crippen LogP contribution in [0, 0.1) is 13.8 Å². The highest BCUT2D eigenvalue weighted by atomic mass is 127. The highest BCUT2D eigenvalue weighted by Crippen LogP contribution is 2.17. The lowest BCUT2D eigenvalue weighted by Gasteiger charge is -2.13. The van der Waals surface area contributed by atoms with Gasteiger partial charge in [0.15, 0.2) is 5.96 Å². The molecule has 2 aromatic carbocycles. The van der Waals surface area contributed by atoms with Crippen LogP contribution < -0.4 is 16.0 Å². The molecule has 1 aromatic heterocycles. The summed E-state index contributed by atoms with van der Waals surface area (Å²) in [7, 11) is 0. The number of nitrogens with one attached hydrogen (secondary N) is 3. The van der Waals surface area contributed by atoms with Gasteiger partial charge in [-0.1, -0.05) is 36.4 Å². The van der Waals surface area contributed by atoms with Crippen molar-refractivity contribution in [2.75, 3.05) is 18.4 Å². The minimum Gasteiger partial charge on any atom is -0.357 e. The minimum atomic E-state index is -0.130. The molecule has 1 amide bonds. The molecule has 0 fully saturated rings. The second kappa shape index (κ2) is 12.1. The van der Waals surface area contributed by atoms with Gasteiger partial charge in [0, 0.05) is 17.9 Å². The van der Waals surface area contributed by atoms with Crippen LogP contribution in [-0.4, -0.2) is 34.7 Å². The summed E-state index contributed by atoms with van der Waals surface area (Å²) < 4.78 is 1.94. The largest absolute Gasteiger partial charge is 0.357 e. The number of benzene rings is 2. The van der Waals surface area contributed by atoms with Crippen LogP contribution in [0.2, 0.25) is 0 Å². The molecule has 0 aliphatic heterocycles. The fourth-order valence-electron chi connectivity index (χ4n) is 3.12. The average molecular weight is 532 g/mol. The molecular formula is C23H29IN6O. The van der Waals surface area contributed by atoms with Crippen LogP contribution in [0.15, 0.2) is 65.7 Å². The van der Waals surface area contributed by atoms with Crippen molar-refractivity contribution in [1.29, 1.82) is 0 Å². The third kappa shape index (κ3) is 7.09. The number of amides is 1. The summed E-state index contributed by atoms with van der Waals surface area (Å²) in [5.41, 5.74) is 4.88. The molecular weight excluding hydrogens is 503 g/mol. The fourth-order valence-corrected chi connectivity index (χ4v) is 3.12. The normalized spacial score (nSPS) is 10.9. The fraction of sp³-hybridized carbons (Fsp3) is 0.261. The molecule has 0 saturated heterocycles. The number of para-hydroxylation sites is 2. The zero-order valence-corrected chi connectivity index (χ0v) is 20.4. The second-order valence-corrected chi connectivity index (χ2v) is 6.93. The lowest BCUT2D eigenvalue weighted by Crippen LogP contribution is -2.41. The number of aliphatic imine (C=N–C) groups is 1. The van der Waals surface area contributed by atoms with Gasteiger partial charge in [0.25, 0.3) is 0 Å². The minimum absolute atomic E-state index is 0. The summed E-state index contributed by atoms with van der Waals surface area (Å²) in [6.45, 7) is 7.30. The topological polar surface area (TPSA) is 83.3 Å². The molecule has 31 heavy (non-hydrogen) atoms. The lowest BCUT2D eigenvalue weighted by atomic mass is 10.2. The Morgan fingerprint density at radius 1 is 1.03 bits per heavy atom. The molecule has 0 saturated carbocycles. The molecule has 3 aromatic rings. The molecule has 1 heterocycles. The highest BCUT2D eigenvalue weighted by molar-refractivity contribution is 14.0. The highest BCUT2D eigenvalue weighted by Gasteiger charge is 2.09. The van der Waals surface area contributed by atoms with Gasteiger partial charge in [-0.25, -0.2) is 9.67 Å². The van der Waals surface area contributed by atoms with E-state index in [4.69, 9.17) is 0 Å². The number of guanidine groups is 1. The van der Waals surface area contributed by atoms with Crippen molar-refractivity contribution in [3.05, 3.63) is 77.6 Å². The van der Waals surface area contributed by atoms with E-state index in [2.05, 4.69) is 32.1 Å². The van der Waals surface area contributed by atoms with Crippen molar-refractivity contribution in [3.63, 3.8) is 0 Å². The zero-order chi connectivity index (χ0) is 21.3. The Labute approximate surface area is 200 Å². The standard InChI is InChI=1S/C23H28N6O.HI/c1-4-24-23(26-16-22(30)27-20-11-6-5-7-12-20)25-15-19-10-8-9-13-21(19)29-18(3)14-17(2)28-29;/h5-14H,4,15-16H2,1-3H3,(H,27,30)(H2,24,25,26);1H. The Bertz CT molecular complexity index is 1020. The summed E-state index contributed by atoms with van der Waals surface area (Å²) in [5, 5.41) is 13.7. The first kappa shape index (κ1) is 24.4. The van der Waals surface area contributed by atoms with Gasteiger partial charge in [0.05, 0.1) is 24.5 Å². The van der Waals surface area contributed by atoms with Gasteiger partial charge in [-0.3, -0.25) is 4.79 Å². The third-order valence-corrected chi connectivity index (χ3v) is 4.46. The Morgan fingerprint density at radius 2 is 1.74 bits per heavy atom. The predicted octanol–water partition coefficient (Wildman–Crippen LogP) is 3.80. The molecule has 0 radical (unpaired) electrons. The maximum absolute atomic E-state index is 12.2. The number of anilines is 1. The molecule has 0 aliphatic rings. The summed E-state index contributed by atoms with van der Waals surface area (Å²) >= 11 is 0. The van der Waals surface area contributed by atoms with Crippen LogP contribution in [0.4, 0.5) is 5.69 Å². The van der Waals surface area contributed by atoms with Crippen molar-refractivity contribution in [2.45, 2.75) is 27.3 Å². The number of hydrogen-bond acceptors (Lipinski definition) is 3. The molecule has 0 bridgehead atoms. The van der Waals surface area contributed by atoms with Gasteiger partial charge in [0.2, 0.25) is 5.91 Å². The summed E-state index contributed by atoms with van der Waals surface area (Å²) in [6.07, 6.45) is 0. The smallest absolute Gasteiger partial charge is 0.243 e. The molecule has 0 spiro atoms. The van der Waals surface area contributed by atoms with E-state index in [9.17, 15) is 4.79 Å². The van der Waals surface area contributed by atoms with Gasteiger partial charge in [-0.2, -0.15) is 5.10 Å². The van der Waals surface area contributed by atoms with Crippen LogP contribution in [0.3, 0.4) is 0 Å². The van der Waals surface area contributed by atoms with Gasteiger partial charge in [0.1, 0.15) is 0 Å². The van der Waals surface area contributed by atoms with Crippen molar-refractivity contribution in [3.8, 4) is 5.69 Å². The molecule has 0 unspecified atom stereocenters. The van der Waals surface area contributed by atoms with E-state index >= 15 is 0 Å². The Morgan fingerprint density at radius 3 is 2.42 bits per heavy atom. The first-order valence-corrected chi connectivity index (χ1v) is 10.1. The van der Waals surface area contributed by atoms with Crippen LogP contribution in [0.1, 0.15) is 23.9 Å². The molecule has 8 heteroatoms. The number of halogens is 1. The Balaban J connectivity index is 0.00000341. The number of aryl methyl sites for hydroxylation is 2. The van der Waals surface area contributed by atoms with E-state index in [0.29, 0.717) is 19.0 Å². The first-order valence-electron chi connectivity index (χ1n) is 10.1. The summed E-state index contributed by atoms with van der Waals surface area (Å²) in [6, 6.07) is 19.5. The van der Waals surface area contributed by atoms with Gasteiger partial charge in [-0.15, -0.1) is 24.0 Å². The first-order chi connectivity index (χ1) is 14.6. The van der Waals surface area contributed by atoms with Crippen LogP contribution in [-0.2, 0) is 11.3 Å². The SMILES string of the molecule is CCNC(=NCc1ccccc1-n1nc(C)cc1C)NCC(=O)Nc1ccccc1.I. The predicted molar refractivity (Wildman–Crippen MR) is 136 cm³/mol. The summed E-state index contributed by atoms with van der Waals surface area (Å²) in [4.78, 5) is 16.9. The summed E-state index contributed by atoms with van der Waals surface area (Å²) in [5.74, 6) is 0.457. The molecule has 3 rings (SSSR count). The Kier molecular flexibility index (Phi) is 9.51. The van der Waals surface area contributed by atoms with E-state index in [1.807, 2.05) is 80.1 Å². The maximum atomic E-state index is 12.2. The van der Waals surface area contributed by atoms with Crippen molar-refractivity contribution >= 4 is 41.5 Å². The number of nitrogens with zero attached hydrogens (tertiary/aromatic N) is 3. The number of aromatic nitrogens is 2. The van der Waals surface area contributed by atoms with Crippen molar-refractivity contribution in [1.82, 2.24) is 20.4 Å². The molecule has 164 valence electrons. The van der Waals surface area contributed by atoms with E-state index in [1.54, 1.807) is 0 Å². The van der Waals surface area contributed by atoms with Crippen LogP contribution in [0.5, 0.6) is 0 Å². The lowest BCUT2D eigenvalue weighted by molar-refractivity contribution is -0.115. The molecule has 7 nitrogen and oxygen atoms in total. The van der Waals surface area contributed by atoms with Gasteiger partial charge < -0.3 is 16.0 Å². The molecule has 3 N–H and O–H groups in total. The quantitative estimate of drug-likeness (QED) is 0.246. The van der Waals surface area contributed by atoms with E-state index < -0.39 is 0 Å². The molecule has 0 atom stereocenters. The van der Waals surface area contributed by atoms with Crippen molar-refractivity contribution in [2.24, 2.45) is 4.99 Å². The molecule has 0 aliphatic carbocycles. The van der Waals surface area contributed by atoms with Gasteiger partial charge >= 0.3 is 0 Å². The number of carbonyl (C=O) groups excluding carboxylic acids is 1. The van der Waals surface area contributed by atoms with Crippen molar-refractivity contribution < 1.29 is 4.79 Å². The van der Waals surface area contributed by atoms with Gasteiger partial charge in [-0.05, 0) is 50.6 Å². The van der Waals surface area contributed by atoms with E-state index in [0.717, 1.165) is 28.3 Å². The number of carbonyl (C=O) groups is 1. The Hall–Kier alpha value is -2.88. The zero-order valence-electron chi connectivity index (χ0n) is 18.1. The number of hydrogen-bond donors (Lipinski definition) is 3. The second-order valence-electron chi connectivity index (χ2n) is 6.93. The van der Waals surface area contributed by atoms with E-state index in [1.165, 1.54) is 0 Å².